The van der Waals surface area contributed by atoms with Gasteiger partial charge in [0.15, 0.2) is 0 Å². The van der Waals surface area contributed by atoms with Crippen LogP contribution in [0.3, 0.4) is 0 Å². The molecule has 1 aliphatic heterocycles. The molecule has 0 amide bonds. The highest BCUT2D eigenvalue weighted by Gasteiger charge is 2.44. The molecular weight excluding hydrogens is 569 g/mol. The van der Waals surface area contributed by atoms with Gasteiger partial charge in [-0.2, -0.15) is 0 Å². The van der Waals surface area contributed by atoms with Crippen LogP contribution in [-0.4, -0.2) is 8.07 Å². The van der Waals surface area contributed by atoms with Crippen LogP contribution >= 0.6 is 0 Å². The van der Waals surface area contributed by atoms with Crippen molar-refractivity contribution in [2.75, 3.05) is 0 Å². The Hall–Kier alpha value is -2.90. The van der Waals surface area contributed by atoms with Crippen molar-refractivity contribution in [1.82, 2.24) is 0 Å². The largest absolute Gasteiger partial charge is 0.114 e. The van der Waals surface area contributed by atoms with Crippen LogP contribution in [0.5, 0.6) is 0 Å². The predicted octanol–water partition coefficient (Wildman–Crippen LogP) is 11.4. The van der Waals surface area contributed by atoms with Crippen LogP contribution in [0.4, 0.5) is 0 Å². The average Bonchev–Trinajstić information content (AvgIpc) is 3.40. The summed E-state index contributed by atoms with van der Waals surface area (Å²) in [6.07, 6.45) is 0. The third-order valence-electron chi connectivity index (χ3n) is 13.8. The first-order valence-electron chi connectivity index (χ1n) is 17.5. The standard InChI is InChI=1S/C23H30.C22H30Si/c2*1-11-13(3)17(7)21-19(15(11)5)20-16(6)12(2)14(4)18(8)22(20)23(21,9)10/h2*1-10H3. The first-order valence-corrected chi connectivity index (χ1v) is 20.5. The van der Waals surface area contributed by atoms with Gasteiger partial charge >= 0.3 is 0 Å². The van der Waals surface area contributed by atoms with E-state index in [-0.39, 0.29) is 5.41 Å². The first kappa shape index (κ1) is 34.4. The molecule has 0 nitrogen and oxygen atoms in total. The molecule has 0 bridgehead atoms. The van der Waals surface area contributed by atoms with Crippen molar-refractivity contribution >= 4 is 18.4 Å². The van der Waals surface area contributed by atoms with Gasteiger partial charge in [-0.05, 0) is 244 Å². The van der Waals surface area contributed by atoms with Crippen molar-refractivity contribution in [2.24, 2.45) is 0 Å². The highest BCUT2D eigenvalue weighted by molar-refractivity contribution is 7.04. The quantitative estimate of drug-likeness (QED) is 0.170. The number of hydrogen-bond donors (Lipinski definition) is 0. The molecule has 0 aromatic heterocycles. The zero-order chi connectivity index (χ0) is 34.9. The summed E-state index contributed by atoms with van der Waals surface area (Å²) in [5, 5.41) is 3.40. The maximum absolute atomic E-state index is 2.56. The van der Waals surface area contributed by atoms with Crippen LogP contribution in [-0.2, 0) is 5.41 Å². The molecule has 0 saturated heterocycles. The van der Waals surface area contributed by atoms with Gasteiger partial charge in [-0.25, -0.2) is 0 Å². The summed E-state index contributed by atoms with van der Waals surface area (Å²) < 4.78 is 0. The minimum absolute atomic E-state index is 0.0886. The molecule has 6 rings (SSSR count). The molecule has 244 valence electrons. The van der Waals surface area contributed by atoms with E-state index in [1.54, 1.807) is 43.8 Å². The minimum Gasteiger partial charge on any atom is -0.0616 e. The number of fused-ring (bicyclic) bond motifs is 6. The summed E-state index contributed by atoms with van der Waals surface area (Å²) in [5.41, 5.74) is 33.2. The summed E-state index contributed by atoms with van der Waals surface area (Å²) in [6.45, 7) is 46.9. The molecule has 0 atom stereocenters. The Labute approximate surface area is 283 Å². The first-order chi connectivity index (χ1) is 21.1. The summed E-state index contributed by atoms with van der Waals surface area (Å²) in [6, 6.07) is 0. The lowest BCUT2D eigenvalue weighted by atomic mass is 9.76. The van der Waals surface area contributed by atoms with Crippen molar-refractivity contribution in [1.29, 1.82) is 0 Å². The molecule has 4 aromatic carbocycles. The van der Waals surface area contributed by atoms with Crippen LogP contribution in [0.1, 0.15) is 114 Å². The van der Waals surface area contributed by atoms with Gasteiger partial charge < -0.3 is 0 Å². The summed E-state index contributed by atoms with van der Waals surface area (Å²) >= 11 is 0. The van der Waals surface area contributed by atoms with Crippen molar-refractivity contribution < 1.29 is 0 Å². The average molecular weight is 629 g/mol. The van der Waals surface area contributed by atoms with E-state index in [1.807, 2.05) is 0 Å². The van der Waals surface area contributed by atoms with Gasteiger partial charge in [-0.1, -0.05) is 26.9 Å². The fraction of sp³-hybridized carbons (Fsp3) is 0.467. The lowest BCUT2D eigenvalue weighted by Crippen LogP contribution is -2.52. The zero-order valence-electron chi connectivity index (χ0n) is 33.0. The maximum Gasteiger partial charge on any atom is 0.114 e. The van der Waals surface area contributed by atoms with Crippen LogP contribution < -0.4 is 10.4 Å². The SMILES string of the molecule is Cc1c(C)c(C)c2c(c1C)-c1c(C)c(C)c(C)c(C)c1C2(C)C.Cc1c(C)c(C)c2c(c1C)-c1c(C)c(C)c(C)c(C)c1[Si]2(C)C. The molecule has 4 aromatic rings. The minimum atomic E-state index is -1.64. The Balaban J connectivity index is 0.000000181. The van der Waals surface area contributed by atoms with E-state index in [0.29, 0.717) is 0 Å². The Morgan fingerprint density at radius 3 is 0.783 bits per heavy atom. The third kappa shape index (κ3) is 4.22. The van der Waals surface area contributed by atoms with E-state index in [2.05, 4.69) is 138 Å². The van der Waals surface area contributed by atoms with Gasteiger partial charge in [0, 0.05) is 5.41 Å². The number of rotatable bonds is 0. The highest BCUT2D eigenvalue weighted by atomic mass is 28.3. The molecule has 1 aliphatic carbocycles. The maximum atomic E-state index is 2.56. The molecule has 46 heavy (non-hydrogen) atoms. The molecule has 0 spiro atoms. The Morgan fingerprint density at radius 1 is 0.283 bits per heavy atom. The topological polar surface area (TPSA) is 0 Å². The van der Waals surface area contributed by atoms with Gasteiger partial charge in [0.2, 0.25) is 0 Å². The smallest absolute Gasteiger partial charge is 0.0616 e. The number of hydrogen-bond acceptors (Lipinski definition) is 0. The molecule has 0 saturated carbocycles. The lowest BCUT2D eigenvalue weighted by molar-refractivity contribution is 0.648. The Morgan fingerprint density at radius 2 is 0.500 bits per heavy atom. The lowest BCUT2D eigenvalue weighted by Gasteiger charge is -2.28. The van der Waals surface area contributed by atoms with Gasteiger partial charge in [0.25, 0.3) is 0 Å². The van der Waals surface area contributed by atoms with E-state index in [0.717, 1.165) is 0 Å². The van der Waals surface area contributed by atoms with Gasteiger partial charge in [-0.15, -0.1) is 0 Å². The second kappa shape index (κ2) is 10.8. The zero-order valence-corrected chi connectivity index (χ0v) is 34.0. The van der Waals surface area contributed by atoms with Crippen molar-refractivity contribution in [3.8, 4) is 22.3 Å². The summed E-state index contributed by atoms with van der Waals surface area (Å²) in [7, 11) is -1.64. The van der Waals surface area contributed by atoms with Gasteiger partial charge in [0.1, 0.15) is 8.07 Å². The Kier molecular flexibility index (Phi) is 8.09. The molecule has 0 unspecified atom stereocenters. The molecule has 0 radical (unpaired) electrons. The molecule has 0 fully saturated rings. The highest BCUT2D eigenvalue weighted by Crippen LogP contribution is 2.56. The second-order valence-electron chi connectivity index (χ2n) is 16.2. The van der Waals surface area contributed by atoms with E-state index < -0.39 is 8.07 Å². The fourth-order valence-corrected chi connectivity index (χ4v) is 14.2. The summed E-state index contributed by atoms with van der Waals surface area (Å²) in [4.78, 5) is 0. The van der Waals surface area contributed by atoms with E-state index in [4.69, 9.17) is 0 Å². The van der Waals surface area contributed by atoms with Crippen molar-refractivity contribution in [2.45, 2.75) is 143 Å². The monoisotopic (exact) mass is 628 g/mol. The van der Waals surface area contributed by atoms with Crippen LogP contribution in [0.25, 0.3) is 22.3 Å². The van der Waals surface area contributed by atoms with Gasteiger partial charge in [0.05, 0.1) is 0 Å². The summed E-state index contributed by atoms with van der Waals surface area (Å²) in [5.74, 6) is 0. The van der Waals surface area contributed by atoms with Crippen molar-refractivity contribution in [3.05, 3.63) is 100 Å². The van der Waals surface area contributed by atoms with E-state index in [9.17, 15) is 0 Å². The predicted molar refractivity (Wildman–Crippen MR) is 208 cm³/mol. The molecule has 2 aliphatic rings. The second-order valence-corrected chi connectivity index (χ2v) is 20.5. The Bertz CT molecular complexity index is 1730. The van der Waals surface area contributed by atoms with E-state index >= 15 is 0 Å². The molecule has 1 heteroatoms. The van der Waals surface area contributed by atoms with Crippen LogP contribution in [0, 0.1) is 111 Å². The third-order valence-corrected chi connectivity index (χ3v) is 17.5. The number of benzene rings is 4. The van der Waals surface area contributed by atoms with E-state index in [1.165, 1.54) is 89.0 Å². The van der Waals surface area contributed by atoms with Gasteiger partial charge in [-0.3, -0.25) is 0 Å². The van der Waals surface area contributed by atoms with Crippen LogP contribution in [0.15, 0.2) is 0 Å². The molecular formula is C45H60Si. The fourth-order valence-electron chi connectivity index (χ4n) is 9.88. The normalized spacial score (nSPS) is 14.9. The molecule has 1 heterocycles. The van der Waals surface area contributed by atoms with Crippen molar-refractivity contribution in [3.63, 3.8) is 0 Å². The van der Waals surface area contributed by atoms with Crippen LogP contribution in [0.2, 0.25) is 13.1 Å². The molecule has 0 N–H and O–H groups in total.